The Balaban J connectivity index is 5.16. The third kappa shape index (κ3) is 61.3. The average molecular weight is 1150 g/mol. The molecule has 0 fully saturated rings. The van der Waals surface area contributed by atoms with Gasteiger partial charge in [0.2, 0.25) is 5.91 Å². The number of phosphoric acid groups is 1. The van der Waals surface area contributed by atoms with Gasteiger partial charge in [0, 0.05) is 12.8 Å². The number of carbonyl (C=O) groups is 2. The highest BCUT2D eigenvalue weighted by Crippen LogP contribution is 2.43. The highest BCUT2D eigenvalue weighted by atomic mass is 31.2. The Kier molecular flexibility index (Phi) is 57.8. The molecule has 468 valence electrons. The number of likely N-dealkylation sites (N-methyl/N-ethyl adjacent to an activating group) is 1. The fourth-order valence-corrected chi connectivity index (χ4v) is 10.0. The number of amides is 1. The van der Waals surface area contributed by atoms with E-state index in [-0.39, 0.29) is 31.5 Å². The highest BCUT2D eigenvalue weighted by Gasteiger charge is 2.30. The summed E-state index contributed by atoms with van der Waals surface area (Å²) in [5.74, 6) is -0.526. The molecule has 3 atom stereocenters. The second-order valence-electron chi connectivity index (χ2n) is 23.6. The summed E-state index contributed by atoms with van der Waals surface area (Å²) in [6.07, 6.45) is 81.2. The lowest BCUT2D eigenvalue weighted by Gasteiger charge is -2.27. The van der Waals surface area contributed by atoms with Gasteiger partial charge in [0.05, 0.1) is 33.8 Å². The zero-order chi connectivity index (χ0) is 59.3. The van der Waals surface area contributed by atoms with Crippen LogP contribution in [0, 0.1) is 0 Å². The molecule has 0 aromatic rings. The lowest BCUT2D eigenvalue weighted by Crippen LogP contribution is -2.47. The number of esters is 1. The van der Waals surface area contributed by atoms with E-state index >= 15 is 0 Å². The molecule has 0 bridgehead atoms. The molecule has 9 nitrogen and oxygen atoms in total. The van der Waals surface area contributed by atoms with E-state index in [1.54, 1.807) is 0 Å². The van der Waals surface area contributed by atoms with Crippen molar-refractivity contribution < 1.29 is 37.3 Å². The number of allylic oxidation sites excluding steroid dienone is 15. The van der Waals surface area contributed by atoms with Gasteiger partial charge in [-0.1, -0.05) is 260 Å². The monoisotopic (exact) mass is 1150 g/mol. The van der Waals surface area contributed by atoms with Crippen LogP contribution in [0.25, 0.3) is 0 Å². The van der Waals surface area contributed by atoms with Gasteiger partial charge in [-0.25, -0.2) is 4.57 Å². The predicted molar refractivity (Wildman–Crippen MR) is 350 cm³/mol. The Morgan fingerprint density at radius 3 is 1.15 bits per heavy atom. The van der Waals surface area contributed by atoms with Crippen molar-refractivity contribution in [3.8, 4) is 0 Å². The summed E-state index contributed by atoms with van der Waals surface area (Å²) in [5.41, 5.74) is 0. The van der Waals surface area contributed by atoms with E-state index in [1.165, 1.54) is 141 Å². The molecule has 0 radical (unpaired) electrons. The van der Waals surface area contributed by atoms with Gasteiger partial charge in [-0.3, -0.25) is 18.6 Å². The number of rotatable bonds is 60. The van der Waals surface area contributed by atoms with Crippen molar-refractivity contribution in [1.29, 1.82) is 0 Å². The largest absolute Gasteiger partial charge is 0.472 e. The van der Waals surface area contributed by atoms with Crippen molar-refractivity contribution in [2.75, 3.05) is 40.9 Å². The standard InChI is InChI=1S/C71H127N2O7P/c1-7-10-13-16-19-22-25-27-29-31-33-35-36-38-39-41-43-45-48-51-54-57-60-63-70(74)72-68(67-79-81(76,77)78-66-65-73(4,5)6)69(62-59-56-53-50-47-24-21-18-15-12-9-3)80-71(75)64-61-58-55-52-49-46-44-42-40-37-34-32-30-28-26-23-20-17-14-11-8-2/h19-20,22-23,27-30,33-35,37-39,59,62,68-69H,7-18,21,24-26,31-32,36,40-58,60-61,63-67H2,1-6H3,(H-,72,74,76,77)/p+1/b22-19-,23-20-,29-27-,30-28-,35-33-,37-34-,39-38-,62-59+. The fourth-order valence-electron chi connectivity index (χ4n) is 9.28. The molecular formula is C71H128N2O7P+. The number of quaternary nitrogens is 1. The summed E-state index contributed by atoms with van der Waals surface area (Å²) in [4.78, 5) is 37.8. The second kappa shape index (κ2) is 60.1. The highest BCUT2D eigenvalue weighted by molar-refractivity contribution is 7.47. The van der Waals surface area contributed by atoms with Gasteiger partial charge in [-0.2, -0.15) is 0 Å². The van der Waals surface area contributed by atoms with Crippen molar-refractivity contribution in [3.05, 3.63) is 97.2 Å². The van der Waals surface area contributed by atoms with Crippen molar-refractivity contribution in [2.24, 2.45) is 0 Å². The maximum absolute atomic E-state index is 13.6. The number of nitrogens with one attached hydrogen (secondary N) is 1. The smallest absolute Gasteiger partial charge is 0.456 e. The van der Waals surface area contributed by atoms with Crippen molar-refractivity contribution in [3.63, 3.8) is 0 Å². The molecule has 0 saturated carbocycles. The van der Waals surface area contributed by atoms with Gasteiger partial charge in [0.15, 0.2) is 0 Å². The van der Waals surface area contributed by atoms with Gasteiger partial charge in [0.25, 0.3) is 0 Å². The molecule has 0 aromatic carbocycles. The average Bonchev–Trinajstić information content (AvgIpc) is 3.43. The summed E-state index contributed by atoms with van der Waals surface area (Å²) in [7, 11) is 1.47. The SMILES string of the molecule is CCCCC/C=C\C/C=C\C/C=C\C/C=C\CCCCCCCCCC(=O)NC(COP(=O)(O)OCC[N+](C)(C)C)C(/C=C/CCCCCCCCCCC)OC(=O)CCCCCCCCCC/C=C\C/C=C\C/C=C\CCCCC. The third-order valence-electron chi connectivity index (χ3n) is 14.5. The molecule has 0 aromatic heterocycles. The molecule has 3 unspecified atom stereocenters. The Bertz CT molecular complexity index is 1710. The Labute approximate surface area is 500 Å². The number of phosphoric ester groups is 1. The van der Waals surface area contributed by atoms with Gasteiger partial charge >= 0.3 is 13.8 Å². The molecule has 2 N–H and O–H groups in total. The van der Waals surface area contributed by atoms with E-state index in [9.17, 15) is 19.0 Å². The Hall–Kier alpha value is -3.07. The Morgan fingerprint density at radius 1 is 0.432 bits per heavy atom. The van der Waals surface area contributed by atoms with E-state index in [1.807, 2.05) is 33.3 Å². The first-order valence-electron chi connectivity index (χ1n) is 33.6. The zero-order valence-electron chi connectivity index (χ0n) is 53.5. The minimum atomic E-state index is -4.46. The van der Waals surface area contributed by atoms with Crippen LogP contribution in [0.1, 0.15) is 290 Å². The maximum Gasteiger partial charge on any atom is 0.472 e. The molecule has 0 spiro atoms. The first-order chi connectivity index (χ1) is 39.4. The van der Waals surface area contributed by atoms with E-state index in [4.69, 9.17) is 13.8 Å². The number of carbonyl (C=O) groups excluding carboxylic acids is 2. The Morgan fingerprint density at radius 2 is 0.753 bits per heavy atom. The molecule has 0 heterocycles. The molecule has 1 amide bonds. The predicted octanol–water partition coefficient (Wildman–Crippen LogP) is 21.1. The van der Waals surface area contributed by atoms with E-state index < -0.39 is 20.0 Å². The molecule has 0 aliphatic heterocycles. The molecular weight excluding hydrogens is 1020 g/mol. The summed E-state index contributed by atoms with van der Waals surface area (Å²) in [6, 6.07) is -0.863. The van der Waals surface area contributed by atoms with Crippen molar-refractivity contribution in [1.82, 2.24) is 5.32 Å². The normalized spacial score (nSPS) is 14.2. The molecule has 0 rings (SSSR count). The van der Waals surface area contributed by atoms with Crippen LogP contribution in [0.4, 0.5) is 0 Å². The number of ether oxygens (including phenoxy) is 1. The van der Waals surface area contributed by atoms with Crippen LogP contribution in [0.5, 0.6) is 0 Å². The van der Waals surface area contributed by atoms with Crippen LogP contribution < -0.4 is 5.32 Å². The van der Waals surface area contributed by atoms with E-state index in [2.05, 4.69) is 111 Å². The zero-order valence-corrected chi connectivity index (χ0v) is 54.4. The van der Waals surface area contributed by atoms with E-state index in [0.717, 1.165) is 116 Å². The minimum absolute atomic E-state index is 0.0323. The fraction of sp³-hybridized carbons (Fsp3) is 0.746. The van der Waals surface area contributed by atoms with Crippen molar-refractivity contribution in [2.45, 2.75) is 303 Å². The number of hydrogen-bond acceptors (Lipinski definition) is 6. The summed E-state index contributed by atoms with van der Waals surface area (Å²) >= 11 is 0. The maximum atomic E-state index is 13.6. The molecule has 81 heavy (non-hydrogen) atoms. The third-order valence-corrected chi connectivity index (χ3v) is 15.5. The van der Waals surface area contributed by atoms with Crippen LogP contribution in [-0.4, -0.2) is 74.3 Å². The molecule has 0 aliphatic carbocycles. The van der Waals surface area contributed by atoms with Crippen LogP contribution in [0.2, 0.25) is 0 Å². The lowest BCUT2D eigenvalue weighted by molar-refractivity contribution is -0.870. The summed E-state index contributed by atoms with van der Waals surface area (Å²) < 4.78 is 30.7. The van der Waals surface area contributed by atoms with Crippen LogP contribution in [-0.2, 0) is 27.9 Å². The van der Waals surface area contributed by atoms with Crippen molar-refractivity contribution >= 4 is 19.7 Å². The van der Waals surface area contributed by atoms with Crippen LogP contribution in [0.15, 0.2) is 97.2 Å². The topological polar surface area (TPSA) is 111 Å². The van der Waals surface area contributed by atoms with E-state index in [0.29, 0.717) is 17.4 Å². The van der Waals surface area contributed by atoms with Gasteiger partial charge in [0.1, 0.15) is 19.3 Å². The molecule has 0 saturated heterocycles. The van der Waals surface area contributed by atoms with Gasteiger partial charge in [-0.05, 0) is 115 Å². The molecule has 0 aliphatic rings. The number of hydrogen-bond donors (Lipinski definition) is 2. The minimum Gasteiger partial charge on any atom is -0.456 e. The first kappa shape index (κ1) is 77.9. The van der Waals surface area contributed by atoms with Crippen LogP contribution >= 0.6 is 7.82 Å². The number of unbranched alkanes of at least 4 members (excludes halogenated alkanes) is 30. The lowest BCUT2D eigenvalue weighted by atomic mass is 10.1. The number of nitrogens with zero attached hydrogens (tertiary/aromatic N) is 1. The quantitative estimate of drug-likeness (QED) is 0.0205. The van der Waals surface area contributed by atoms with Gasteiger partial charge in [-0.15, -0.1) is 0 Å². The summed E-state index contributed by atoms with van der Waals surface area (Å²) in [6.45, 7) is 6.95. The summed E-state index contributed by atoms with van der Waals surface area (Å²) in [5, 5.41) is 3.05. The first-order valence-corrected chi connectivity index (χ1v) is 35.1. The van der Waals surface area contributed by atoms with Gasteiger partial charge < -0.3 is 19.4 Å². The molecule has 10 heteroatoms. The second-order valence-corrected chi connectivity index (χ2v) is 25.1. The van der Waals surface area contributed by atoms with Crippen LogP contribution in [0.3, 0.4) is 0 Å².